The van der Waals surface area contributed by atoms with Crippen molar-refractivity contribution in [1.29, 1.82) is 0 Å². The number of amides is 2. The van der Waals surface area contributed by atoms with Crippen LogP contribution in [0.1, 0.15) is 18.1 Å². The predicted molar refractivity (Wildman–Crippen MR) is 89.4 cm³/mol. The smallest absolute Gasteiger partial charge is 0.341 e. The molecule has 0 spiro atoms. The molecular formula is C15H17N3O8S. The summed E-state index contributed by atoms with van der Waals surface area (Å²) < 4.78 is 26.2. The minimum atomic E-state index is -3.88. The van der Waals surface area contributed by atoms with Gasteiger partial charge in [0.25, 0.3) is 0 Å². The van der Waals surface area contributed by atoms with Crippen LogP contribution in [0.15, 0.2) is 24.3 Å². The molecule has 0 aromatic heterocycles. The molecule has 1 aromatic rings. The Balaban J connectivity index is 2.21. The molecule has 146 valence electrons. The average Bonchev–Trinajstić information content (AvgIpc) is 2.79. The fraction of sp³-hybridized carbons (Fsp3) is 0.333. The highest BCUT2D eigenvalue weighted by molar-refractivity contribution is 7.88. The number of carbonyl (C=O) groups is 4. The maximum Gasteiger partial charge on any atom is 0.341 e. The number of nitrogens with one attached hydrogen (secondary N) is 2. The monoisotopic (exact) mass is 399 g/mol. The van der Waals surface area contributed by atoms with E-state index >= 15 is 0 Å². The molecule has 0 saturated carbocycles. The van der Waals surface area contributed by atoms with E-state index in [4.69, 9.17) is 0 Å². The van der Waals surface area contributed by atoms with Crippen molar-refractivity contribution in [3.05, 3.63) is 35.4 Å². The molecule has 0 unspecified atom stereocenters. The van der Waals surface area contributed by atoms with Gasteiger partial charge in [0.15, 0.2) is 0 Å². The first kappa shape index (κ1) is 20.3. The van der Waals surface area contributed by atoms with E-state index in [0.29, 0.717) is 11.1 Å². The van der Waals surface area contributed by atoms with Gasteiger partial charge in [-0.3, -0.25) is 9.59 Å². The van der Waals surface area contributed by atoms with Gasteiger partial charge in [-0.25, -0.2) is 14.3 Å². The van der Waals surface area contributed by atoms with E-state index in [1.807, 2.05) is 10.0 Å². The van der Waals surface area contributed by atoms with E-state index in [9.17, 15) is 37.8 Å². The van der Waals surface area contributed by atoms with Crippen molar-refractivity contribution in [2.75, 3.05) is 6.54 Å². The van der Waals surface area contributed by atoms with Crippen LogP contribution in [0.2, 0.25) is 0 Å². The van der Waals surface area contributed by atoms with E-state index in [1.165, 1.54) is 24.3 Å². The van der Waals surface area contributed by atoms with Crippen LogP contribution in [0.4, 0.5) is 0 Å². The Morgan fingerprint density at radius 3 is 2.07 bits per heavy atom. The fourth-order valence-electron chi connectivity index (χ4n) is 2.59. The van der Waals surface area contributed by atoms with Crippen molar-refractivity contribution in [2.45, 2.75) is 25.4 Å². The highest BCUT2D eigenvalue weighted by atomic mass is 32.2. The summed E-state index contributed by atoms with van der Waals surface area (Å²) in [6, 6.07) is 5.82. The Hall–Kier alpha value is -2.99. The quantitative estimate of drug-likeness (QED) is 0.399. The lowest BCUT2D eigenvalue weighted by atomic mass is 9.90. The fourth-order valence-corrected chi connectivity index (χ4v) is 3.68. The summed E-state index contributed by atoms with van der Waals surface area (Å²) in [5.41, 5.74) is -1.72. The topological polar surface area (TPSA) is 170 Å². The Morgan fingerprint density at radius 1 is 1.15 bits per heavy atom. The number of rotatable bonds is 7. The SMILES string of the molecule is CC(=O)NC(Cc1ccc(CN2CC(=O)NS2(=O)=O)cc1)(C(=O)O)C(=O)O. The van der Waals surface area contributed by atoms with Crippen LogP contribution in [0, 0.1) is 0 Å². The third kappa shape index (κ3) is 4.41. The number of benzene rings is 1. The van der Waals surface area contributed by atoms with Crippen LogP contribution < -0.4 is 10.0 Å². The molecule has 11 nitrogen and oxygen atoms in total. The maximum atomic E-state index is 11.7. The van der Waals surface area contributed by atoms with E-state index in [2.05, 4.69) is 0 Å². The van der Waals surface area contributed by atoms with Gasteiger partial charge in [0.1, 0.15) is 0 Å². The van der Waals surface area contributed by atoms with Crippen molar-refractivity contribution in [2.24, 2.45) is 0 Å². The molecule has 1 heterocycles. The summed E-state index contributed by atoms with van der Waals surface area (Å²) >= 11 is 0. The summed E-state index contributed by atoms with van der Waals surface area (Å²) in [6.07, 6.45) is -0.514. The van der Waals surface area contributed by atoms with Gasteiger partial charge in [-0.15, -0.1) is 0 Å². The van der Waals surface area contributed by atoms with Gasteiger partial charge in [-0.05, 0) is 11.1 Å². The highest BCUT2D eigenvalue weighted by Crippen LogP contribution is 2.18. The number of hydrogen-bond donors (Lipinski definition) is 4. The molecular weight excluding hydrogens is 382 g/mol. The van der Waals surface area contributed by atoms with E-state index in [1.54, 1.807) is 0 Å². The summed E-state index contributed by atoms with van der Waals surface area (Å²) in [4.78, 5) is 45.5. The lowest BCUT2D eigenvalue weighted by molar-refractivity contribution is -0.161. The second kappa shape index (κ2) is 7.32. The normalized spacial score (nSPS) is 16.6. The summed E-state index contributed by atoms with van der Waals surface area (Å²) in [5.74, 6) is -4.90. The molecule has 0 radical (unpaired) electrons. The minimum Gasteiger partial charge on any atom is -0.479 e. The van der Waals surface area contributed by atoms with Crippen molar-refractivity contribution < 1.29 is 37.8 Å². The molecule has 2 amide bonds. The Morgan fingerprint density at radius 2 is 1.67 bits per heavy atom. The number of aliphatic carboxylic acids is 2. The highest BCUT2D eigenvalue weighted by Gasteiger charge is 2.47. The molecule has 27 heavy (non-hydrogen) atoms. The summed E-state index contributed by atoms with van der Waals surface area (Å²) in [5, 5.41) is 20.6. The molecule has 2 rings (SSSR count). The molecule has 12 heteroatoms. The molecule has 4 N–H and O–H groups in total. The van der Waals surface area contributed by atoms with Gasteiger partial charge in [-0.1, -0.05) is 24.3 Å². The lowest BCUT2D eigenvalue weighted by Gasteiger charge is -2.25. The van der Waals surface area contributed by atoms with E-state index in [0.717, 1.165) is 11.2 Å². The van der Waals surface area contributed by atoms with Gasteiger partial charge in [0, 0.05) is 19.9 Å². The number of carboxylic acid groups (broad SMARTS) is 2. The number of carbonyl (C=O) groups excluding carboxylic acids is 2. The molecule has 0 atom stereocenters. The predicted octanol–water partition coefficient (Wildman–Crippen LogP) is -1.55. The Kier molecular flexibility index (Phi) is 5.51. The molecule has 1 aliphatic heterocycles. The van der Waals surface area contributed by atoms with E-state index < -0.39 is 45.9 Å². The first-order valence-electron chi connectivity index (χ1n) is 7.60. The molecule has 0 aliphatic carbocycles. The van der Waals surface area contributed by atoms with Crippen LogP contribution in [0.25, 0.3) is 0 Å². The number of carboxylic acids is 2. The van der Waals surface area contributed by atoms with E-state index in [-0.39, 0.29) is 13.1 Å². The van der Waals surface area contributed by atoms with Crippen LogP contribution in [-0.2, 0) is 42.4 Å². The Labute approximate surface area is 154 Å². The van der Waals surface area contributed by atoms with Crippen molar-refractivity contribution in [3.63, 3.8) is 0 Å². The maximum absolute atomic E-state index is 11.7. The van der Waals surface area contributed by atoms with Gasteiger partial charge < -0.3 is 15.5 Å². The number of nitrogens with zero attached hydrogens (tertiary/aromatic N) is 1. The zero-order valence-corrected chi connectivity index (χ0v) is 14.9. The Bertz CT molecular complexity index is 880. The second-order valence-corrected chi connectivity index (χ2v) is 7.66. The van der Waals surface area contributed by atoms with Gasteiger partial charge >= 0.3 is 22.1 Å². The standard InChI is InChI=1S/C15H17N3O8S/c1-9(19)16-15(13(21)22,14(23)24)6-10-2-4-11(5-3-10)7-18-8-12(20)17-27(18,25)26/h2-5H,6-8H2,1H3,(H,16,19)(H,17,20)(H,21,22)(H,23,24). The van der Waals surface area contributed by atoms with Gasteiger partial charge in [-0.2, -0.15) is 12.7 Å². The molecule has 1 aromatic carbocycles. The van der Waals surface area contributed by atoms with Gasteiger partial charge in [0.05, 0.1) is 6.54 Å². The third-order valence-electron chi connectivity index (χ3n) is 3.87. The van der Waals surface area contributed by atoms with Crippen LogP contribution in [0.3, 0.4) is 0 Å². The minimum absolute atomic E-state index is 0.0872. The zero-order valence-electron chi connectivity index (χ0n) is 14.1. The largest absolute Gasteiger partial charge is 0.479 e. The summed E-state index contributed by atoms with van der Waals surface area (Å²) in [7, 11) is -3.88. The second-order valence-electron chi connectivity index (χ2n) is 5.99. The zero-order chi connectivity index (χ0) is 20.4. The number of hydrogen-bond acceptors (Lipinski definition) is 6. The van der Waals surface area contributed by atoms with Crippen molar-refractivity contribution in [3.8, 4) is 0 Å². The van der Waals surface area contributed by atoms with Crippen molar-refractivity contribution >= 4 is 34.0 Å². The van der Waals surface area contributed by atoms with Crippen molar-refractivity contribution in [1.82, 2.24) is 14.3 Å². The first-order valence-corrected chi connectivity index (χ1v) is 9.04. The molecule has 1 fully saturated rings. The average molecular weight is 399 g/mol. The van der Waals surface area contributed by atoms with Crippen LogP contribution >= 0.6 is 0 Å². The van der Waals surface area contributed by atoms with Crippen LogP contribution in [-0.4, -0.2) is 58.8 Å². The molecule has 0 bridgehead atoms. The molecule has 1 aliphatic rings. The first-order chi connectivity index (χ1) is 12.5. The van der Waals surface area contributed by atoms with Crippen LogP contribution in [0.5, 0.6) is 0 Å². The molecule has 1 saturated heterocycles. The summed E-state index contributed by atoms with van der Waals surface area (Å²) in [6.45, 7) is 0.610. The lowest BCUT2D eigenvalue weighted by Crippen LogP contribution is -2.61. The van der Waals surface area contributed by atoms with Gasteiger partial charge in [0.2, 0.25) is 17.4 Å². The third-order valence-corrected chi connectivity index (χ3v) is 5.30.